The molecule has 92 valence electrons. The van der Waals surface area contributed by atoms with Crippen LogP contribution in [0.3, 0.4) is 0 Å². The summed E-state index contributed by atoms with van der Waals surface area (Å²) in [6.07, 6.45) is -0.0714. The molecule has 0 fully saturated rings. The van der Waals surface area contributed by atoms with Crippen LogP contribution >= 0.6 is 0 Å². The lowest BCUT2D eigenvalue weighted by atomic mass is 10.1. The highest BCUT2D eigenvalue weighted by Crippen LogP contribution is 2.17. The van der Waals surface area contributed by atoms with E-state index in [-0.39, 0.29) is 6.42 Å². The van der Waals surface area contributed by atoms with Crippen molar-refractivity contribution in [2.24, 2.45) is 11.5 Å². The van der Waals surface area contributed by atoms with Crippen molar-refractivity contribution < 1.29 is 9.59 Å². The maximum Gasteiger partial charge on any atom is 0.240 e. The number of nitrogens with two attached hydrogens (primary N) is 2. The number of benzene rings is 1. The molecule has 5 nitrogen and oxygen atoms in total. The summed E-state index contributed by atoms with van der Waals surface area (Å²) in [6.45, 7) is 2.47. The molecule has 0 aliphatic rings. The summed E-state index contributed by atoms with van der Waals surface area (Å²) in [5.74, 6) is -1.09. The number of primary amides is 2. The summed E-state index contributed by atoms with van der Waals surface area (Å²) in [5, 5.41) is 0. The van der Waals surface area contributed by atoms with Gasteiger partial charge in [-0.15, -0.1) is 0 Å². The number of amides is 2. The molecule has 0 aliphatic heterocycles. The fourth-order valence-electron chi connectivity index (χ4n) is 1.76. The Morgan fingerprint density at radius 1 is 1.24 bits per heavy atom. The first-order valence-corrected chi connectivity index (χ1v) is 5.45. The van der Waals surface area contributed by atoms with Gasteiger partial charge >= 0.3 is 0 Å². The average molecular weight is 235 g/mol. The third-order valence-electron chi connectivity index (χ3n) is 2.53. The number of nitrogens with zero attached hydrogens (tertiary/aromatic N) is 1. The Hall–Kier alpha value is -2.04. The molecule has 1 atom stereocenters. The highest BCUT2D eigenvalue weighted by atomic mass is 16.2. The molecule has 0 radical (unpaired) electrons. The van der Waals surface area contributed by atoms with E-state index in [1.54, 1.807) is 4.90 Å². The maximum atomic E-state index is 11.4. The van der Waals surface area contributed by atoms with Crippen molar-refractivity contribution in [3.63, 3.8) is 0 Å². The lowest BCUT2D eigenvalue weighted by Crippen LogP contribution is -2.47. The number of anilines is 1. The molecule has 0 aromatic heterocycles. The Morgan fingerprint density at radius 3 is 2.24 bits per heavy atom. The van der Waals surface area contributed by atoms with Gasteiger partial charge < -0.3 is 16.4 Å². The van der Waals surface area contributed by atoms with E-state index in [1.165, 1.54) is 0 Å². The smallest absolute Gasteiger partial charge is 0.240 e. The van der Waals surface area contributed by atoms with Crippen molar-refractivity contribution in [3.8, 4) is 0 Å². The van der Waals surface area contributed by atoms with Crippen LogP contribution in [0.25, 0.3) is 0 Å². The van der Waals surface area contributed by atoms with Gasteiger partial charge in [-0.05, 0) is 19.1 Å². The number of carbonyl (C=O) groups is 2. The van der Waals surface area contributed by atoms with Crippen LogP contribution in [0.2, 0.25) is 0 Å². The summed E-state index contributed by atoms with van der Waals surface area (Å²) in [4.78, 5) is 24.1. The van der Waals surface area contributed by atoms with Gasteiger partial charge in [-0.3, -0.25) is 9.59 Å². The summed E-state index contributed by atoms with van der Waals surface area (Å²) >= 11 is 0. The lowest BCUT2D eigenvalue weighted by molar-refractivity contribution is -0.124. The largest absolute Gasteiger partial charge is 0.370 e. The van der Waals surface area contributed by atoms with Crippen molar-refractivity contribution >= 4 is 17.5 Å². The zero-order valence-electron chi connectivity index (χ0n) is 9.80. The standard InChI is InChI=1S/C12H17N3O2/c1-2-15(9-6-4-3-5-7-9)10(12(14)17)8-11(13)16/h3-7,10H,2,8H2,1H3,(H2,13,16)(H2,14,17)/t10-/m0/s1. The van der Waals surface area contributed by atoms with E-state index in [0.29, 0.717) is 6.54 Å². The first kappa shape index (κ1) is 13.0. The number of likely N-dealkylation sites (N-methyl/N-ethyl adjacent to an activating group) is 1. The molecule has 0 aliphatic carbocycles. The van der Waals surface area contributed by atoms with E-state index in [2.05, 4.69) is 0 Å². The van der Waals surface area contributed by atoms with Crippen molar-refractivity contribution in [3.05, 3.63) is 30.3 Å². The predicted octanol–water partition coefficient (Wildman–Crippen LogP) is 0.242. The second kappa shape index (κ2) is 5.89. The highest BCUT2D eigenvalue weighted by Gasteiger charge is 2.24. The van der Waals surface area contributed by atoms with Crippen molar-refractivity contribution in [2.45, 2.75) is 19.4 Å². The van der Waals surface area contributed by atoms with Crippen LogP contribution in [0.5, 0.6) is 0 Å². The van der Waals surface area contributed by atoms with Gasteiger partial charge in [0.15, 0.2) is 0 Å². The second-order valence-electron chi connectivity index (χ2n) is 3.71. The minimum Gasteiger partial charge on any atom is -0.370 e. The van der Waals surface area contributed by atoms with Crippen LogP contribution < -0.4 is 16.4 Å². The summed E-state index contributed by atoms with van der Waals surface area (Å²) in [6, 6.07) is 8.63. The average Bonchev–Trinajstić information content (AvgIpc) is 2.29. The molecule has 1 aromatic carbocycles. The summed E-state index contributed by atoms with van der Waals surface area (Å²) in [5.41, 5.74) is 11.3. The number of hydrogen-bond acceptors (Lipinski definition) is 3. The Kier molecular flexibility index (Phi) is 4.51. The van der Waals surface area contributed by atoms with Gasteiger partial charge in [0, 0.05) is 12.2 Å². The second-order valence-corrected chi connectivity index (χ2v) is 3.71. The predicted molar refractivity (Wildman–Crippen MR) is 66.3 cm³/mol. The van der Waals surface area contributed by atoms with Crippen LogP contribution in [-0.4, -0.2) is 24.4 Å². The van der Waals surface area contributed by atoms with E-state index in [9.17, 15) is 9.59 Å². The molecule has 0 unspecified atom stereocenters. The van der Waals surface area contributed by atoms with E-state index >= 15 is 0 Å². The minimum atomic E-state index is -0.695. The molecule has 0 saturated carbocycles. The van der Waals surface area contributed by atoms with E-state index < -0.39 is 17.9 Å². The number of para-hydroxylation sites is 1. The molecule has 0 heterocycles. The summed E-state index contributed by atoms with van der Waals surface area (Å²) < 4.78 is 0. The van der Waals surface area contributed by atoms with Gasteiger partial charge in [-0.2, -0.15) is 0 Å². The van der Waals surface area contributed by atoms with Gasteiger partial charge in [-0.25, -0.2) is 0 Å². The molecular formula is C12H17N3O2. The zero-order valence-corrected chi connectivity index (χ0v) is 9.80. The number of rotatable bonds is 6. The highest BCUT2D eigenvalue weighted by molar-refractivity contribution is 5.89. The summed E-state index contributed by atoms with van der Waals surface area (Å²) in [7, 11) is 0. The molecule has 2 amide bonds. The Morgan fingerprint density at radius 2 is 1.82 bits per heavy atom. The van der Waals surface area contributed by atoms with Crippen LogP contribution in [0.4, 0.5) is 5.69 Å². The monoisotopic (exact) mass is 235 g/mol. The minimum absolute atomic E-state index is 0.0714. The van der Waals surface area contributed by atoms with Crippen LogP contribution in [-0.2, 0) is 9.59 Å². The van der Waals surface area contributed by atoms with Gasteiger partial charge in [0.2, 0.25) is 11.8 Å². The van der Waals surface area contributed by atoms with Gasteiger partial charge in [0.05, 0.1) is 6.42 Å². The van der Waals surface area contributed by atoms with Gasteiger partial charge in [0.25, 0.3) is 0 Å². The number of carbonyl (C=O) groups excluding carboxylic acids is 2. The van der Waals surface area contributed by atoms with E-state index in [4.69, 9.17) is 11.5 Å². The van der Waals surface area contributed by atoms with Crippen molar-refractivity contribution in [1.29, 1.82) is 0 Å². The van der Waals surface area contributed by atoms with Crippen molar-refractivity contribution in [1.82, 2.24) is 0 Å². The van der Waals surface area contributed by atoms with Crippen LogP contribution in [0.1, 0.15) is 13.3 Å². The molecule has 1 rings (SSSR count). The Balaban J connectivity index is 2.97. The first-order valence-electron chi connectivity index (χ1n) is 5.45. The maximum absolute atomic E-state index is 11.4. The molecule has 4 N–H and O–H groups in total. The Bertz CT molecular complexity index is 392. The SMILES string of the molecule is CCN(c1ccccc1)[C@@H](CC(N)=O)C(N)=O. The molecule has 5 heteroatoms. The quantitative estimate of drug-likeness (QED) is 0.740. The normalized spacial score (nSPS) is 11.8. The third-order valence-corrected chi connectivity index (χ3v) is 2.53. The molecule has 0 bridgehead atoms. The molecule has 0 spiro atoms. The fourth-order valence-corrected chi connectivity index (χ4v) is 1.76. The van der Waals surface area contributed by atoms with Crippen molar-refractivity contribution in [2.75, 3.05) is 11.4 Å². The number of hydrogen-bond donors (Lipinski definition) is 2. The van der Waals surface area contributed by atoms with Gasteiger partial charge in [0.1, 0.15) is 6.04 Å². The van der Waals surface area contributed by atoms with Crippen LogP contribution in [0, 0.1) is 0 Å². The molecule has 0 saturated heterocycles. The fraction of sp³-hybridized carbons (Fsp3) is 0.333. The zero-order chi connectivity index (χ0) is 12.8. The molecule has 1 aromatic rings. The third kappa shape index (κ3) is 3.48. The Labute approximate surface area is 100 Å². The van der Waals surface area contributed by atoms with Gasteiger partial charge in [-0.1, -0.05) is 18.2 Å². The van der Waals surface area contributed by atoms with E-state index in [0.717, 1.165) is 5.69 Å². The first-order chi connectivity index (χ1) is 8.06. The molecular weight excluding hydrogens is 218 g/mol. The topological polar surface area (TPSA) is 89.4 Å². The molecule has 17 heavy (non-hydrogen) atoms. The van der Waals surface area contributed by atoms with E-state index in [1.807, 2.05) is 37.3 Å². The van der Waals surface area contributed by atoms with Crippen LogP contribution in [0.15, 0.2) is 30.3 Å². The lowest BCUT2D eigenvalue weighted by Gasteiger charge is -2.29.